The van der Waals surface area contributed by atoms with E-state index in [0.29, 0.717) is 25.3 Å². The van der Waals surface area contributed by atoms with Crippen LogP contribution in [0.4, 0.5) is 0 Å². The molecule has 0 amide bonds. The van der Waals surface area contributed by atoms with Gasteiger partial charge in [0.15, 0.2) is 5.65 Å². The summed E-state index contributed by atoms with van der Waals surface area (Å²) < 4.78 is 15.7. The fourth-order valence-corrected chi connectivity index (χ4v) is 6.41. The summed E-state index contributed by atoms with van der Waals surface area (Å²) in [6.45, 7) is 7.99. The molecule has 1 saturated heterocycles. The van der Waals surface area contributed by atoms with Crippen molar-refractivity contribution in [2.45, 2.75) is 32.4 Å². The number of hydrogen-bond acceptors (Lipinski definition) is 8. The predicted octanol–water partition coefficient (Wildman–Crippen LogP) is 3.89. The first-order chi connectivity index (χ1) is 19.6. The zero-order valence-electron chi connectivity index (χ0n) is 23.4. The summed E-state index contributed by atoms with van der Waals surface area (Å²) in [5.74, 6) is 1.73. The first-order valence-electron chi connectivity index (χ1n) is 14.2. The molecular formula is C30H38N6O3S. The van der Waals surface area contributed by atoms with Gasteiger partial charge in [0, 0.05) is 51.7 Å². The number of hydrogen-bond donors (Lipinski definition) is 0. The molecule has 1 aliphatic heterocycles. The molecule has 4 heterocycles. The Bertz CT molecular complexity index is 1540. The van der Waals surface area contributed by atoms with Crippen molar-refractivity contribution in [2.75, 3.05) is 53.0 Å². The van der Waals surface area contributed by atoms with Crippen molar-refractivity contribution in [1.82, 2.24) is 29.1 Å². The molecule has 4 aromatic rings. The Morgan fingerprint density at radius 1 is 1.12 bits per heavy atom. The molecule has 6 rings (SSSR count). The largest absolute Gasteiger partial charge is 0.497 e. The number of ether oxygens (including phenoxy) is 2. The topological polar surface area (TPSA) is 77.7 Å². The van der Waals surface area contributed by atoms with Crippen LogP contribution in [0.25, 0.3) is 21.3 Å². The van der Waals surface area contributed by atoms with Gasteiger partial charge in [-0.15, -0.1) is 11.3 Å². The van der Waals surface area contributed by atoms with Crippen LogP contribution >= 0.6 is 11.3 Å². The first kappa shape index (κ1) is 27.1. The Balaban J connectivity index is 1.01. The molecule has 212 valence electrons. The van der Waals surface area contributed by atoms with Gasteiger partial charge in [-0.2, -0.15) is 5.10 Å². The van der Waals surface area contributed by atoms with E-state index in [1.165, 1.54) is 23.9 Å². The summed E-state index contributed by atoms with van der Waals surface area (Å²) in [5, 5.41) is 6.24. The Hall–Kier alpha value is -3.05. The second-order valence-corrected chi connectivity index (χ2v) is 12.0. The van der Waals surface area contributed by atoms with Gasteiger partial charge in [-0.3, -0.25) is 14.6 Å². The van der Waals surface area contributed by atoms with Gasteiger partial charge in [-0.25, -0.2) is 9.67 Å². The standard InChI is InChI=1S/C30H38N6O3S/c1-33-27-25(19-31-36(30(27)37)20-23-7-5-8-24(18-23)38-2)28-29(33)32-26(40-28)21-39-17-16-35-14-12-34(13-15-35)11-4-3-6-22-9-10-22/h3-5,7-8,18-19,22H,6,9-17,20-21H2,1-2H3/b4-3+. The maximum absolute atomic E-state index is 13.3. The van der Waals surface area contributed by atoms with E-state index in [2.05, 4.69) is 27.1 Å². The van der Waals surface area contributed by atoms with Crippen LogP contribution in [-0.4, -0.2) is 82.1 Å². The minimum absolute atomic E-state index is 0.125. The van der Waals surface area contributed by atoms with Crippen molar-refractivity contribution in [3.05, 3.63) is 63.5 Å². The van der Waals surface area contributed by atoms with E-state index < -0.39 is 0 Å². The monoisotopic (exact) mass is 562 g/mol. The van der Waals surface area contributed by atoms with E-state index in [-0.39, 0.29) is 5.56 Å². The Morgan fingerprint density at radius 3 is 2.75 bits per heavy atom. The van der Waals surface area contributed by atoms with Gasteiger partial charge in [-0.05, 0) is 42.9 Å². The summed E-state index contributed by atoms with van der Waals surface area (Å²) in [7, 11) is 3.53. The van der Waals surface area contributed by atoms with E-state index in [0.717, 1.165) is 77.2 Å². The fourth-order valence-electron chi connectivity index (χ4n) is 5.37. The number of thiazole rings is 1. The Morgan fingerprint density at radius 2 is 1.95 bits per heavy atom. The van der Waals surface area contributed by atoms with Gasteiger partial charge in [0.05, 0.1) is 37.8 Å². The number of methoxy groups -OCH3 is 1. The maximum Gasteiger partial charge on any atom is 0.291 e. The maximum atomic E-state index is 13.3. The Labute approximate surface area is 238 Å². The number of aryl methyl sites for hydroxylation is 1. The highest BCUT2D eigenvalue weighted by Gasteiger charge is 2.20. The van der Waals surface area contributed by atoms with Crippen LogP contribution in [0.3, 0.4) is 0 Å². The number of piperazine rings is 1. The summed E-state index contributed by atoms with van der Waals surface area (Å²) in [6.07, 6.45) is 10.6. The van der Waals surface area contributed by atoms with Crippen LogP contribution in [0, 0.1) is 5.92 Å². The average molecular weight is 563 g/mol. The second-order valence-electron chi connectivity index (χ2n) is 10.9. The van der Waals surface area contributed by atoms with E-state index in [9.17, 15) is 4.79 Å². The Kier molecular flexibility index (Phi) is 8.29. The van der Waals surface area contributed by atoms with Crippen LogP contribution in [-0.2, 0) is 24.9 Å². The average Bonchev–Trinajstić information content (AvgIpc) is 3.65. The lowest BCUT2D eigenvalue weighted by atomic mass is 10.2. The summed E-state index contributed by atoms with van der Waals surface area (Å²) >= 11 is 1.58. The quantitative estimate of drug-likeness (QED) is 0.192. The number of fused-ring (bicyclic) bond motifs is 3. The molecule has 1 aromatic carbocycles. The molecule has 0 unspecified atom stereocenters. The molecule has 1 saturated carbocycles. The molecule has 0 spiro atoms. The van der Waals surface area contributed by atoms with E-state index >= 15 is 0 Å². The third kappa shape index (κ3) is 6.15. The fraction of sp³-hybridized carbons (Fsp3) is 0.500. The number of nitrogens with zero attached hydrogens (tertiary/aromatic N) is 6. The molecule has 0 atom stereocenters. The molecular weight excluding hydrogens is 524 g/mol. The molecule has 3 aromatic heterocycles. The number of allylic oxidation sites excluding steroid dienone is 1. The number of aromatic nitrogens is 4. The minimum Gasteiger partial charge on any atom is -0.497 e. The van der Waals surface area contributed by atoms with Crippen LogP contribution in [0.15, 0.2) is 47.4 Å². The van der Waals surface area contributed by atoms with Gasteiger partial charge >= 0.3 is 0 Å². The van der Waals surface area contributed by atoms with Crippen molar-refractivity contribution in [1.29, 1.82) is 0 Å². The van der Waals surface area contributed by atoms with E-state index in [1.54, 1.807) is 24.6 Å². The molecule has 9 nitrogen and oxygen atoms in total. The van der Waals surface area contributed by atoms with Crippen molar-refractivity contribution in [3.8, 4) is 5.75 Å². The van der Waals surface area contributed by atoms with Gasteiger partial charge in [0.2, 0.25) is 0 Å². The van der Waals surface area contributed by atoms with E-state index in [1.807, 2.05) is 35.9 Å². The van der Waals surface area contributed by atoms with Crippen LogP contribution < -0.4 is 10.3 Å². The highest BCUT2D eigenvalue weighted by molar-refractivity contribution is 7.19. The lowest BCUT2D eigenvalue weighted by molar-refractivity contribution is 0.0710. The van der Waals surface area contributed by atoms with E-state index in [4.69, 9.17) is 14.5 Å². The highest BCUT2D eigenvalue weighted by atomic mass is 32.1. The smallest absolute Gasteiger partial charge is 0.291 e. The molecule has 2 aliphatic rings. The summed E-state index contributed by atoms with van der Waals surface area (Å²) in [4.78, 5) is 23.2. The summed E-state index contributed by atoms with van der Waals surface area (Å²) in [5.41, 5.74) is 2.26. The van der Waals surface area contributed by atoms with Crippen LogP contribution in [0.5, 0.6) is 5.75 Å². The molecule has 0 N–H and O–H groups in total. The lowest BCUT2D eigenvalue weighted by Gasteiger charge is -2.34. The highest BCUT2D eigenvalue weighted by Crippen LogP contribution is 2.32. The molecule has 0 radical (unpaired) electrons. The minimum atomic E-state index is -0.125. The van der Waals surface area contributed by atoms with Crippen LogP contribution in [0.1, 0.15) is 29.8 Å². The molecule has 1 aliphatic carbocycles. The zero-order chi connectivity index (χ0) is 27.5. The lowest BCUT2D eigenvalue weighted by Crippen LogP contribution is -2.47. The zero-order valence-corrected chi connectivity index (χ0v) is 24.2. The third-order valence-corrected chi connectivity index (χ3v) is 9.03. The number of benzene rings is 1. The second kappa shape index (κ2) is 12.2. The van der Waals surface area contributed by atoms with Crippen LogP contribution in [0.2, 0.25) is 0 Å². The molecule has 2 fully saturated rings. The third-order valence-electron chi connectivity index (χ3n) is 7.98. The van der Waals surface area contributed by atoms with Gasteiger partial charge < -0.3 is 14.0 Å². The SMILES string of the molecule is COc1cccc(Cn2ncc3c4sc(COCCN5CCN(C/C=C/CC6CC6)CC5)nc4n(C)c3c2=O)c1. The predicted molar refractivity (Wildman–Crippen MR) is 159 cm³/mol. The van der Waals surface area contributed by atoms with Crippen molar-refractivity contribution in [2.24, 2.45) is 13.0 Å². The van der Waals surface area contributed by atoms with Gasteiger partial charge in [0.25, 0.3) is 5.56 Å². The van der Waals surface area contributed by atoms with Crippen molar-refractivity contribution < 1.29 is 9.47 Å². The normalized spacial score (nSPS) is 17.1. The molecule has 0 bridgehead atoms. The first-order valence-corrected chi connectivity index (χ1v) is 15.0. The van der Waals surface area contributed by atoms with Gasteiger partial charge in [0.1, 0.15) is 16.3 Å². The molecule has 40 heavy (non-hydrogen) atoms. The van der Waals surface area contributed by atoms with Crippen molar-refractivity contribution >= 4 is 32.6 Å². The number of rotatable bonds is 12. The van der Waals surface area contributed by atoms with Gasteiger partial charge in [-0.1, -0.05) is 24.3 Å². The summed E-state index contributed by atoms with van der Waals surface area (Å²) in [6, 6.07) is 7.69. The molecule has 10 heteroatoms. The van der Waals surface area contributed by atoms with Crippen molar-refractivity contribution in [3.63, 3.8) is 0 Å².